The van der Waals surface area contributed by atoms with E-state index in [9.17, 15) is 22.8 Å². The molecule has 0 aliphatic carbocycles. The van der Waals surface area contributed by atoms with Crippen molar-refractivity contribution in [2.75, 3.05) is 19.6 Å². The third kappa shape index (κ3) is 12.0. The molecule has 0 aliphatic rings. The lowest BCUT2D eigenvalue weighted by atomic mass is 10.1. The Morgan fingerprint density at radius 3 is 2.29 bits per heavy atom. The zero-order valence-electron chi connectivity index (χ0n) is 12.2. The second kappa shape index (κ2) is 10.3. The molecule has 8 heteroatoms. The van der Waals surface area contributed by atoms with Crippen LogP contribution in [0.15, 0.2) is 0 Å². The van der Waals surface area contributed by atoms with E-state index in [-0.39, 0.29) is 13.0 Å². The van der Waals surface area contributed by atoms with E-state index >= 15 is 0 Å². The van der Waals surface area contributed by atoms with Crippen LogP contribution in [0.5, 0.6) is 0 Å². The van der Waals surface area contributed by atoms with E-state index < -0.39 is 24.7 Å². The molecule has 0 fully saturated rings. The number of nitrogens with one attached hydrogen (secondary N) is 1. The molecule has 0 atom stereocenters. The van der Waals surface area contributed by atoms with Gasteiger partial charge in [0.25, 0.3) is 0 Å². The molecule has 0 unspecified atom stereocenters. The first-order chi connectivity index (χ1) is 9.76. The van der Waals surface area contributed by atoms with Crippen LogP contribution in [0.4, 0.5) is 18.0 Å². The number of unbranched alkanes of at least 4 members (excludes halogenated alkanes) is 3. The topological polar surface area (TPSA) is 69.6 Å². The number of carboxylic acid groups (broad SMARTS) is 1. The molecule has 0 spiro atoms. The first kappa shape index (κ1) is 19.5. The van der Waals surface area contributed by atoms with Gasteiger partial charge >= 0.3 is 18.2 Å². The number of rotatable bonds is 10. The number of halogens is 3. The molecule has 2 amide bonds. The zero-order chi connectivity index (χ0) is 16.3. The number of hydrogen-bond donors (Lipinski definition) is 2. The molecule has 0 bridgehead atoms. The predicted molar refractivity (Wildman–Crippen MR) is 72.0 cm³/mol. The van der Waals surface area contributed by atoms with Crippen molar-refractivity contribution in [3.63, 3.8) is 0 Å². The van der Waals surface area contributed by atoms with Crippen molar-refractivity contribution >= 4 is 12.0 Å². The Morgan fingerprint density at radius 2 is 1.76 bits per heavy atom. The summed E-state index contributed by atoms with van der Waals surface area (Å²) in [6.45, 7) is 0.818. The van der Waals surface area contributed by atoms with Gasteiger partial charge in [-0.05, 0) is 19.3 Å². The summed E-state index contributed by atoms with van der Waals surface area (Å²) in [7, 11) is 0. The lowest BCUT2D eigenvalue weighted by Crippen LogP contribution is -2.45. The van der Waals surface area contributed by atoms with Crippen molar-refractivity contribution in [3.8, 4) is 0 Å². The van der Waals surface area contributed by atoms with E-state index in [2.05, 4.69) is 5.32 Å². The first-order valence-electron chi connectivity index (χ1n) is 7.07. The Balaban J connectivity index is 3.85. The quantitative estimate of drug-likeness (QED) is 0.609. The van der Waals surface area contributed by atoms with E-state index in [0.29, 0.717) is 25.8 Å². The Kier molecular flexibility index (Phi) is 9.56. The molecule has 0 aliphatic heterocycles. The minimum atomic E-state index is -4.40. The van der Waals surface area contributed by atoms with E-state index in [4.69, 9.17) is 5.11 Å². The van der Waals surface area contributed by atoms with Crippen LogP contribution in [0.2, 0.25) is 0 Å². The summed E-state index contributed by atoms with van der Waals surface area (Å²) in [5.41, 5.74) is 0. The van der Waals surface area contributed by atoms with Crippen LogP contribution in [0.3, 0.4) is 0 Å². The molecule has 0 saturated carbocycles. The number of alkyl halides is 3. The molecule has 0 aromatic carbocycles. The fraction of sp³-hybridized carbons (Fsp3) is 0.846. The van der Waals surface area contributed by atoms with Gasteiger partial charge in [0.15, 0.2) is 0 Å². The molecule has 2 N–H and O–H groups in total. The number of aliphatic carboxylic acids is 1. The smallest absolute Gasteiger partial charge is 0.406 e. The summed E-state index contributed by atoms with van der Waals surface area (Å²) in [5, 5.41) is 10.9. The number of urea groups is 1. The van der Waals surface area contributed by atoms with Crippen LogP contribution in [-0.2, 0) is 4.79 Å². The average molecular weight is 312 g/mol. The van der Waals surface area contributed by atoms with Crippen molar-refractivity contribution in [1.82, 2.24) is 10.2 Å². The Labute approximate surface area is 122 Å². The number of carboxylic acids is 1. The van der Waals surface area contributed by atoms with Gasteiger partial charge in [-0.1, -0.05) is 19.8 Å². The Morgan fingerprint density at radius 1 is 1.14 bits per heavy atom. The van der Waals surface area contributed by atoms with Gasteiger partial charge in [0.1, 0.15) is 6.54 Å². The van der Waals surface area contributed by atoms with Gasteiger partial charge in [-0.15, -0.1) is 0 Å². The monoisotopic (exact) mass is 312 g/mol. The fourth-order valence-corrected chi connectivity index (χ4v) is 1.80. The minimum absolute atomic E-state index is 0.0595. The van der Waals surface area contributed by atoms with E-state index in [1.807, 2.05) is 0 Å². The molecule has 0 radical (unpaired) electrons. The van der Waals surface area contributed by atoms with Crippen LogP contribution in [0.25, 0.3) is 0 Å². The van der Waals surface area contributed by atoms with Crippen LogP contribution < -0.4 is 5.32 Å². The molecule has 0 aromatic heterocycles. The second-order valence-corrected chi connectivity index (χ2v) is 4.83. The van der Waals surface area contributed by atoms with Crippen molar-refractivity contribution in [2.24, 2.45) is 0 Å². The average Bonchev–Trinajstić information content (AvgIpc) is 2.35. The summed E-state index contributed by atoms with van der Waals surface area (Å²) < 4.78 is 36.9. The van der Waals surface area contributed by atoms with E-state index in [0.717, 1.165) is 17.7 Å². The molecule has 5 nitrogen and oxygen atoms in total. The van der Waals surface area contributed by atoms with E-state index in [1.54, 1.807) is 6.92 Å². The lowest BCUT2D eigenvalue weighted by Gasteiger charge is -2.23. The van der Waals surface area contributed by atoms with Gasteiger partial charge in [-0.3, -0.25) is 4.79 Å². The lowest BCUT2D eigenvalue weighted by molar-refractivity contribution is -0.140. The van der Waals surface area contributed by atoms with E-state index in [1.165, 1.54) is 0 Å². The molecule has 0 saturated heterocycles. The number of nitrogens with zero attached hydrogens (tertiary/aromatic N) is 1. The minimum Gasteiger partial charge on any atom is -0.481 e. The number of hydrogen-bond acceptors (Lipinski definition) is 2. The second-order valence-electron chi connectivity index (χ2n) is 4.83. The van der Waals surface area contributed by atoms with Crippen LogP contribution in [0, 0.1) is 0 Å². The maximum absolute atomic E-state index is 12.3. The molecule has 21 heavy (non-hydrogen) atoms. The highest BCUT2D eigenvalue weighted by Gasteiger charge is 2.32. The van der Waals surface area contributed by atoms with Crippen LogP contribution >= 0.6 is 0 Å². The fourth-order valence-electron chi connectivity index (χ4n) is 1.80. The molecular formula is C13H23F3N2O3. The molecule has 124 valence electrons. The van der Waals surface area contributed by atoms with Gasteiger partial charge < -0.3 is 15.3 Å². The van der Waals surface area contributed by atoms with Crippen molar-refractivity contribution in [1.29, 1.82) is 0 Å². The summed E-state index contributed by atoms with van der Waals surface area (Å²) in [6.07, 6.45) is -1.18. The standard InChI is InChI=1S/C13H23F3N2O3/c1-2-9-18(10-13(14,15)16)12(21)17-8-6-4-3-5-7-11(19)20/h2-10H2,1H3,(H,17,21)(H,19,20). The maximum Gasteiger partial charge on any atom is 0.406 e. The van der Waals surface area contributed by atoms with Gasteiger partial charge in [0, 0.05) is 19.5 Å². The molecule has 0 heterocycles. The highest BCUT2D eigenvalue weighted by Crippen LogP contribution is 2.16. The number of carbonyl (C=O) groups excluding carboxylic acids is 1. The van der Waals surface area contributed by atoms with Crippen molar-refractivity contribution in [3.05, 3.63) is 0 Å². The third-order valence-electron chi connectivity index (χ3n) is 2.74. The SMILES string of the molecule is CCCN(CC(F)(F)F)C(=O)NCCCCCCC(=O)O. The van der Waals surface area contributed by atoms with Gasteiger partial charge in [-0.25, -0.2) is 4.79 Å². The number of amides is 2. The highest BCUT2D eigenvalue weighted by atomic mass is 19.4. The zero-order valence-corrected chi connectivity index (χ0v) is 12.2. The van der Waals surface area contributed by atoms with Crippen molar-refractivity contribution < 1.29 is 27.9 Å². The van der Waals surface area contributed by atoms with Crippen LogP contribution in [-0.4, -0.2) is 47.8 Å². The third-order valence-corrected chi connectivity index (χ3v) is 2.74. The molecule has 0 aromatic rings. The predicted octanol–water partition coefficient (Wildman–Crippen LogP) is 3.01. The Hall–Kier alpha value is -1.47. The molecule has 0 rings (SSSR count). The Bertz CT molecular complexity index is 322. The van der Waals surface area contributed by atoms with Gasteiger partial charge in [0.2, 0.25) is 0 Å². The van der Waals surface area contributed by atoms with Crippen LogP contribution in [0.1, 0.15) is 45.4 Å². The summed E-state index contributed by atoms with van der Waals surface area (Å²) in [5.74, 6) is -0.842. The summed E-state index contributed by atoms with van der Waals surface area (Å²) in [6, 6.07) is -0.709. The number of carbonyl (C=O) groups is 2. The normalized spacial score (nSPS) is 11.2. The molecular weight excluding hydrogens is 289 g/mol. The van der Waals surface area contributed by atoms with Gasteiger partial charge in [0.05, 0.1) is 0 Å². The van der Waals surface area contributed by atoms with Gasteiger partial charge in [-0.2, -0.15) is 13.2 Å². The summed E-state index contributed by atoms with van der Waals surface area (Å²) >= 11 is 0. The highest BCUT2D eigenvalue weighted by molar-refractivity contribution is 5.74. The maximum atomic E-state index is 12.3. The summed E-state index contributed by atoms with van der Waals surface area (Å²) in [4.78, 5) is 22.7. The van der Waals surface area contributed by atoms with Crippen molar-refractivity contribution in [2.45, 2.75) is 51.6 Å². The largest absolute Gasteiger partial charge is 0.481 e. The first-order valence-corrected chi connectivity index (χ1v) is 7.07.